The van der Waals surface area contributed by atoms with Crippen LogP contribution in [0.4, 0.5) is 11.4 Å². The van der Waals surface area contributed by atoms with E-state index in [2.05, 4.69) is 15.4 Å². The number of carbonyl (C=O) groups is 1. The van der Waals surface area contributed by atoms with Crippen LogP contribution in [0, 0.1) is 0 Å². The summed E-state index contributed by atoms with van der Waals surface area (Å²) in [6.45, 7) is 3.01. The number of nitrogens with zero attached hydrogens (tertiary/aromatic N) is 2. The lowest BCUT2D eigenvalue weighted by Crippen LogP contribution is -2.36. The maximum Gasteiger partial charge on any atom is 0.265 e. The molecule has 8 nitrogen and oxygen atoms in total. The molecule has 154 valence electrons. The minimum absolute atomic E-state index is 0.200. The van der Waals surface area contributed by atoms with Crippen LogP contribution in [-0.2, 0) is 14.4 Å². The Morgan fingerprint density at radius 2 is 1.90 bits per heavy atom. The van der Waals surface area contributed by atoms with E-state index in [1.54, 1.807) is 32.4 Å². The monoisotopic (exact) mass is 399 g/mol. The smallest absolute Gasteiger partial charge is 0.265 e. The summed E-state index contributed by atoms with van der Waals surface area (Å²) in [6, 6.07) is 13.0. The number of anilines is 2. The Morgan fingerprint density at radius 3 is 2.59 bits per heavy atom. The van der Waals surface area contributed by atoms with Gasteiger partial charge in [-0.2, -0.15) is 0 Å². The SMILES string of the molecule is COc1ccc(OC)c(/C=N/OCC(=O)Nc2ccc(N3CCOCC3)cc2)c1. The van der Waals surface area contributed by atoms with Gasteiger partial charge in [-0.15, -0.1) is 0 Å². The summed E-state index contributed by atoms with van der Waals surface area (Å²) in [5.74, 6) is 1.01. The van der Waals surface area contributed by atoms with E-state index in [1.807, 2.05) is 24.3 Å². The van der Waals surface area contributed by atoms with Crippen molar-refractivity contribution in [2.75, 3.05) is 57.3 Å². The molecule has 0 atom stereocenters. The van der Waals surface area contributed by atoms with Gasteiger partial charge in [0.05, 0.1) is 33.6 Å². The molecule has 1 fully saturated rings. The zero-order valence-corrected chi connectivity index (χ0v) is 16.6. The zero-order valence-electron chi connectivity index (χ0n) is 16.6. The van der Waals surface area contributed by atoms with Gasteiger partial charge in [-0.05, 0) is 42.5 Å². The summed E-state index contributed by atoms with van der Waals surface area (Å²) in [7, 11) is 3.15. The Balaban J connectivity index is 1.48. The minimum atomic E-state index is -0.293. The molecule has 8 heteroatoms. The largest absolute Gasteiger partial charge is 0.497 e. The molecule has 0 unspecified atom stereocenters. The van der Waals surface area contributed by atoms with Crippen molar-refractivity contribution in [3.63, 3.8) is 0 Å². The topological polar surface area (TPSA) is 81.6 Å². The summed E-state index contributed by atoms with van der Waals surface area (Å²) < 4.78 is 15.8. The highest BCUT2D eigenvalue weighted by molar-refractivity contribution is 5.92. The summed E-state index contributed by atoms with van der Waals surface area (Å²) in [4.78, 5) is 19.4. The van der Waals surface area contributed by atoms with Crippen LogP contribution in [0.3, 0.4) is 0 Å². The van der Waals surface area contributed by atoms with Gasteiger partial charge in [-0.1, -0.05) is 5.16 Å². The number of methoxy groups -OCH3 is 2. The molecule has 0 saturated carbocycles. The lowest BCUT2D eigenvalue weighted by Gasteiger charge is -2.28. The fourth-order valence-electron chi connectivity index (χ4n) is 2.90. The van der Waals surface area contributed by atoms with Crippen LogP contribution in [0.25, 0.3) is 0 Å². The number of ether oxygens (including phenoxy) is 3. The van der Waals surface area contributed by atoms with Crippen molar-refractivity contribution in [2.24, 2.45) is 5.16 Å². The normalized spacial score (nSPS) is 13.9. The fourth-order valence-corrected chi connectivity index (χ4v) is 2.90. The summed E-state index contributed by atoms with van der Waals surface area (Å²) >= 11 is 0. The molecule has 0 radical (unpaired) electrons. The lowest BCUT2D eigenvalue weighted by atomic mass is 10.2. The van der Waals surface area contributed by atoms with Crippen molar-refractivity contribution >= 4 is 23.5 Å². The van der Waals surface area contributed by atoms with E-state index in [1.165, 1.54) is 6.21 Å². The minimum Gasteiger partial charge on any atom is -0.497 e. The van der Waals surface area contributed by atoms with Gasteiger partial charge in [0, 0.05) is 30.0 Å². The van der Waals surface area contributed by atoms with Gasteiger partial charge >= 0.3 is 0 Å². The van der Waals surface area contributed by atoms with Gasteiger partial charge in [-0.3, -0.25) is 4.79 Å². The Bertz CT molecular complexity index is 833. The molecule has 1 amide bonds. The maximum atomic E-state index is 12.1. The molecule has 0 aromatic heterocycles. The Kier molecular flexibility index (Phi) is 7.29. The summed E-state index contributed by atoms with van der Waals surface area (Å²) in [6.07, 6.45) is 1.48. The third-order valence-corrected chi connectivity index (χ3v) is 4.43. The first-order valence-corrected chi connectivity index (χ1v) is 9.29. The number of rotatable bonds is 8. The highest BCUT2D eigenvalue weighted by atomic mass is 16.6. The van der Waals surface area contributed by atoms with Crippen LogP contribution in [0.15, 0.2) is 47.6 Å². The van der Waals surface area contributed by atoms with Gasteiger partial charge in [-0.25, -0.2) is 0 Å². The highest BCUT2D eigenvalue weighted by Crippen LogP contribution is 2.22. The number of nitrogens with one attached hydrogen (secondary N) is 1. The first-order chi connectivity index (χ1) is 14.2. The van der Waals surface area contributed by atoms with Gasteiger partial charge in [0.2, 0.25) is 0 Å². The maximum absolute atomic E-state index is 12.1. The van der Waals surface area contributed by atoms with E-state index in [-0.39, 0.29) is 12.5 Å². The molecule has 2 aromatic carbocycles. The molecule has 1 aliphatic rings. The summed E-state index contributed by atoms with van der Waals surface area (Å²) in [5, 5.41) is 6.63. The highest BCUT2D eigenvalue weighted by Gasteiger charge is 2.11. The number of oxime groups is 1. The second-order valence-corrected chi connectivity index (χ2v) is 6.31. The molecule has 0 bridgehead atoms. The van der Waals surface area contributed by atoms with Gasteiger partial charge < -0.3 is 29.3 Å². The number of morpholine rings is 1. The van der Waals surface area contributed by atoms with E-state index in [0.29, 0.717) is 22.7 Å². The van der Waals surface area contributed by atoms with Crippen LogP contribution in [-0.4, -0.2) is 59.3 Å². The van der Waals surface area contributed by atoms with Crippen LogP contribution in [0.1, 0.15) is 5.56 Å². The van der Waals surface area contributed by atoms with Crippen molar-refractivity contribution in [1.29, 1.82) is 0 Å². The molecule has 29 heavy (non-hydrogen) atoms. The predicted molar refractivity (Wildman–Crippen MR) is 111 cm³/mol. The van der Waals surface area contributed by atoms with E-state index in [4.69, 9.17) is 19.0 Å². The average molecular weight is 399 g/mol. The number of amides is 1. The molecule has 3 rings (SSSR count). The molecule has 1 aliphatic heterocycles. The standard InChI is InChI=1S/C21H25N3O5/c1-26-19-7-8-20(27-2)16(13-19)14-22-29-15-21(25)23-17-3-5-18(6-4-17)24-9-11-28-12-10-24/h3-8,13-14H,9-12,15H2,1-2H3,(H,23,25)/b22-14+. The first kappa shape index (κ1) is 20.5. The lowest BCUT2D eigenvalue weighted by molar-refractivity contribution is -0.120. The number of carbonyl (C=O) groups excluding carboxylic acids is 1. The predicted octanol–water partition coefficient (Wildman–Crippen LogP) is 2.53. The number of hydrogen-bond acceptors (Lipinski definition) is 7. The van der Waals surface area contributed by atoms with Crippen LogP contribution >= 0.6 is 0 Å². The molecule has 0 spiro atoms. The molecule has 1 heterocycles. The number of benzene rings is 2. The Morgan fingerprint density at radius 1 is 1.14 bits per heavy atom. The third-order valence-electron chi connectivity index (χ3n) is 4.43. The second-order valence-electron chi connectivity index (χ2n) is 6.31. The average Bonchev–Trinajstić information content (AvgIpc) is 2.77. The van der Waals surface area contributed by atoms with Gasteiger partial charge in [0.1, 0.15) is 11.5 Å². The van der Waals surface area contributed by atoms with Crippen LogP contribution in [0.5, 0.6) is 11.5 Å². The molecule has 1 saturated heterocycles. The van der Waals surface area contributed by atoms with E-state index in [9.17, 15) is 4.79 Å². The molecular weight excluding hydrogens is 374 g/mol. The fraction of sp³-hybridized carbons (Fsp3) is 0.333. The van der Waals surface area contributed by atoms with Crippen LogP contribution < -0.4 is 19.7 Å². The molecular formula is C21H25N3O5. The Labute approximate surface area is 170 Å². The first-order valence-electron chi connectivity index (χ1n) is 9.29. The van der Waals surface area contributed by atoms with Crippen LogP contribution in [0.2, 0.25) is 0 Å². The van der Waals surface area contributed by atoms with Crippen molar-refractivity contribution < 1.29 is 23.8 Å². The van der Waals surface area contributed by atoms with E-state index < -0.39 is 0 Å². The van der Waals surface area contributed by atoms with Gasteiger partial charge in [0.25, 0.3) is 5.91 Å². The van der Waals surface area contributed by atoms with Gasteiger partial charge in [0.15, 0.2) is 6.61 Å². The van der Waals surface area contributed by atoms with Crippen molar-refractivity contribution in [3.05, 3.63) is 48.0 Å². The van der Waals surface area contributed by atoms with E-state index in [0.717, 1.165) is 32.0 Å². The van der Waals surface area contributed by atoms with Crippen molar-refractivity contribution in [3.8, 4) is 11.5 Å². The molecule has 0 aliphatic carbocycles. The second kappa shape index (κ2) is 10.3. The molecule has 2 aromatic rings. The van der Waals surface area contributed by atoms with Crippen molar-refractivity contribution in [2.45, 2.75) is 0 Å². The summed E-state index contributed by atoms with van der Waals surface area (Å²) in [5.41, 5.74) is 2.50. The zero-order chi connectivity index (χ0) is 20.5. The third kappa shape index (κ3) is 5.86. The van der Waals surface area contributed by atoms with Crippen molar-refractivity contribution in [1.82, 2.24) is 0 Å². The van der Waals surface area contributed by atoms with E-state index >= 15 is 0 Å². The molecule has 1 N–H and O–H groups in total. The Hall–Kier alpha value is -3.26. The number of hydrogen-bond donors (Lipinski definition) is 1. The quantitative estimate of drug-likeness (QED) is 0.543.